The number of piperidine rings is 1. The molecule has 0 aliphatic carbocycles. The van der Waals surface area contributed by atoms with Gasteiger partial charge in [0.15, 0.2) is 29.2 Å². The minimum Gasteiger partial charge on any atom is -0.474 e. The third-order valence-corrected chi connectivity index (χ3v) is 6.57. The van der Waals surface area contributed by atoms with Crippen molar-refractivity contribution in [1.82, 2.24) is 4.90 Å². The number of likely N-dealkylation sites (tertiary alicyclic amines) is 1. The molecule has 0 radical (unpaired) electrons. The van der Waals surface area contributed by atoms with Crippen LogP contribution in [0.5, 0.6) is 28.7 Å². The van der Waals surface area contributed by atoms with E-state index in [9.17, 15) is 0 Å². The van der Waals surface area contributed by atoms with Gasteiger partial charge in [-0.25, -0.2) is 0 Å². The molecule has 4 heterocycles. The van der Waals surface area contributed by atoms with E-state index >= 15 is 0 Å². The van der Waals surface area contributed by atoms with Crippen LogP contribution in [0.25, 0.3) is 0 Å². The summed E-state index contributed by atoms with van der Waals surface area (Å²) in [4.78, 5) is 2.50. The van der Waals surface area contributed by atoms with Crippen molar-refractivity contribution < 1.29 is 23.7 Å². The van der Waals surface area contributed by atoms with Gasteiger partial charge in [-0.2, -0.15) is 0 Å². The zero-order valence-electron chi connectivity index (χ0n) is 16.6. The van der Waals surface area contributed by atoms with Crippen LogP contribution in [0.2, 0.25) is 0 Å². The van der Waals surface area contributed by atoms with Crippen molar-refractivity contribution in [3.05, 3.63) is 41.5 Å². The highest BCUT2D eigenvalue weighted by Crippen LogP contribution is 2.51. The van der Waals surface area contributed by atoms with Crippen LogP contribution in [-0.4, -0.2) is 37.8 Å². The predicted molar refractivity (Wildman–Crippen MR) is 106 cm³/mol. The Balaban J connectivity index is 1.45. The molecule has 0 amide bonds. The highest BCUT2D eigenvalue weighted by molar-refractivity contribution is 5.57. The fourth-order valence-corrected chi connectivity index (χ4v) is 5.14. The highest BCUT2D eigenvalue weighted by atomic mass is 16.7. The van der Waals surface area contributed by atoms with Gasteiger partial charge in [0, 0.05) is 36.6 Å². The number of ether oxygens (including phenoxy) is 5. The normalized spacial score (nSPS) is 27.4. The van der Waals surface area contributed by atoms with E-state index in [4.69, 9.17) is 23.7 Å². The average Bonchev–Trinajstić information content (AvgIpc) is 3.41. The van der Waals surface area contributed by atoms with E-state index < -0.39 is 0 Å². The Morgan fingerprint density at radius 1 is 0.759 bits per heavy atom. The van der Waals surface area contributed by atoms with E-state index in [1.165, 1.54) is 24.8 Å². The lowest BCUT2D eigenvalue weighted by Gasteiger charge is -2.44. The van der Waals surface area contributed by atoms with Gasteiger partial charge in [-0.15, -0.1) is 0 Å². The molecule has 152 valence electrons. The topological polar surface area (TPSA) is 49.4 Å². The van der Waals surface area contributed by atoms with E-state index in [1.807, 2.05) is 12.1 Å². The molecule has 0 spiro atoms. The maximum atomic E-state index is 6.59. The first-order valence-electron chi connectivity index (χ1n) is 10.5. The number of hydrogen-bond acceptors (Lipinski definition) is 6. The molecule has 0 bridgehead atoms. The van der Waals surface area contributed by atoms with E-state index in [-0.39, 0.29) is 31.6 Å². The molecule has 6 nitrogen and oxygen atoms in total. The number of nitrogens with zero attached hydrogens (tertiary/aromatic N) is 1. The van der Waals surface area contributed by atoms with Crippen LogP contribution in [0.3, 0.4) is 0 Å². The van der Waals surface area contributed by atoms with Gasteiger partial charge in [-0.3, -0.25) is 4.90 Å². The van der Waals surface area contributed by atoms with Crippen LogP contribution in [-0.2, 0) is 0 Å². The molecule has 2 aromatic carbocycles. The molecule has 6 rings (SSSR count). The van der Waals surface area contributed by atoms with E-state index in [1.54, 1.807) is 0 Å². The molecule has 1 fully saturated rings. The summed E-state index contributed by atoms with van der Waals surface area (Å²) in [6.45, 7) is 5.01. The Kier molecular flexibility index (Phi) is 4.01. The molecule has 2 aromatic rings. The molecule has 4 aliphatic heterocycles. The quantitative estimate of drug-likeness (QED) is 0.763. The maximum Gasteiger partial charge on any atom is 0.231 e. The maximum absolute atomic E-state index is 6.59. The summed E-state index contributed by atoms with van der Waals surface area (Å²) < 4.78 is 29.1. The van der Waals surface area contributed by atoms with Crippen molar-refractivity contribution >= 4 is 0 Å². The number of hydrogen-bond donors (Lipinski definition) is 0. The minimum atomic E-state index is 0.0404. The summed E-state index contributed by atoms with van der Waals surface area (Å²) in [7, 11) is 0. The molecule has 0 saturated carbocycles. The van der Waals surface area contributed by atoms with Gasteiger partial charge in [-0.1, -0.05) is 19.4 Å². The lowest BCUT2D eigenvalue weighted by atomic mass is 9.77. The molecule has 0 N–H and O–H groups in total. The summed E-state index contributed by atoms with van der Waals surface area (Å²) in [5, 5.41) is 0. The molecule has 3 atom stereocenters. The van der Waals surface area contributed by atoms with Gasteiger partial charge in [0.05, 0.1) is 0 Å². The van der Waals surface area contributed by atoms with Crippen molar-refractivity contribution in [2.24, 2.45) is 5.92 Å². The Labute approximate surface area is 170 Å². The second-order valence-electron chi connectivity index (χ2n) is 8.30. The zero-order chi connectivity index (χ0) is 19.4. The Morgan fingerprint density at radius 3 is 2.24 bits per heavy atom. The van der Waals surface area contributed by atoms with Gasteiger partial charge in [0.25, 0.3) is 0 Å². The van der Waals surface area contributed by atoms with Gasteiger partial charge in [0.1, 0.15) is 5.75 Å². The first-order chi connectivity index (χ1) is 14.3. The lowest BCUT2D eigenvalue weighted by molar-refractivity contribution is -0.0403. The summed E-state index contributed by atoms with van der Waals surface area (Å²) >= 11 is 0. The molecule has 29 heavy (non-hydrogen) atoms. The van der Waals surface area contributed by atoms with Gasteiger partial charge in [-0.05, 0) is 36.6 Å². The molecule has 0 aromatic heterocycles. The van der Waals surface area contributed by atoms with Crippen LogP contribution < -0.4 is 23.7 Å². The molecule has 6 heteroatoms. The van der Waals surface area contributed by atoms with Gasteiger partial charge in [0.2, 0.25) is 13.6 Å². The van der Waals surface area contributed by atoms with Crippen molar-refractivity contribution in [3.8, 4) is 28.7 Å². The lowest BCUT2D eigenvalue weighted by Crippen LogP contribution is -2.50. The third kappa shape index (κ3) is 2.81. The standard InChI is InChI=1S/C23H25NO5/c1-14-22(15-5-6-17-19(9-15)26-12-25-17)16-10-20-21(28-13-27-20)11-18(16)29-23(14)24-7-3-2-4-8-24/h5-6,9-11,14,22-23H,2-4,7-8,12-13H2,1H3/t14-,22+,23-/m0/s1. The van der Waals surface area contributed by atoms with Crippen LogP contribution in [0, 0.1) is 5.92 Å². The fraction of sp³-hybridized carbons (Fsp3) is 0.478. The monoisotopic (exact) mass is 395 g/mol. The fourth-order valence-electron chi connectivity index (χ4n) is 5.14. The van der Waals surface area contributed by atoms with E-state index in [0.29, 0.717) is 0 Å². The van der Waals surface area contributed by atoms with Gasteiger partial charge >= 0.3 is 0 Å². The van der Waals surface area contributed by atoms with Crippen LogP contribution in [0.1, 0.15) is 43.2 Å². The average molecular weight is 395 g/mol. The number of fused-ring (bicyclic) bond motifs is 3. The van der Waals surface area contributed by atoms with E-state index in [2.05, 4.69) is 30.0 Å². The summed E-state index contributed by atoms with van der Waals surface area (Å²) in [6, 6.07) is 10.4. The number of rotatable bonds is 2. The van der Waals surface area contributed by atoms with Crippen molar-refractivity contribution in [2.75, 3.05) is 26.7 Å². The van der Waals surface area contributed by atoms with E-state index in [0.717, 1.165) is 47.4 Å². The second kappa shape index (κ2) is 6.73. The summed E-state index contributed by atoms with van der Waals surface area (Å²) in [5.74, 6) is 4.54. The summed E-state index contributed by atoms with van der Waals surface area (Å²) in [6.07, 6.45) is 3.81. The first-order valence-corrected chi connectivity index (χ1v) is 10.5. The van der Waals surface area contributed by atoms with Crippen molar-refractivity contribution in [3.63, 3.8) is 0 Å². The van der Waals surface area contributed by atoms with Crippen molar-refractivity contribution in [1.29, 1.82) is 0 Å². The Bertz CT molecular complexity index is 939. The largest absolute Gasteiger partial charge is 0.474 e. The smallest absolute Gasteiger partial charge is 0.231 e. The van der Waals surface area contributed by atoms with Gasteiger partial charge < -0.3 is 23.7 Å². The highest BCUT2D eigenvalue weighted by Gasteiger charge is 2.41. The molecule has 4 aliphatic rings. The SMILES string of the molecule is C[C@H]1[C@H](c2ccc3c(c2)OCO3)c2cc3c(cc2O[C@@H]1N1CCCCC1)OCO3. The van der Waals surface area contributed by atoms with Crippen LogP contribution >= 0.6 is 0 Å². The van der Waals surface area contributed by atoms with Crippen LogP contribution in [0.4, 0.5) is 0 Å². The summed E-state index contributed by atoms with van der Waals surface area (Å²) in [5.41, 5.74) is 2.36. The minimum absolute atomic E-state index is 0.0404. The molecule has 1 saturated heterocycles. The number of benzene rings is 2. The van der Waals surface area contributed by atoms with Crippen molar-refractivity contribution in [2.45, 2.75) is 38.3 Å². The second-order valence-corrected chi connectivity index (χ2v) is 8.30. The van der Waals surface area contributed by atoms with Crippen LogP contribution in [0.15, 0.2) is 30.3 Å². The Hall–Kier alpha value is -2.60. The molecular weight excluding hydrogens is 370 g/mol. The predicted octanol–water partition coefficient (Wildman–Crippen LogP) is 4.12. The third-order valence-electron chi connectivity index (χ3n) is 6.57. The zero-order valence-corrected chi connectivity index (χ0v) is 16.6. The first kappa shape index (κ1) is 17.3. The molecule has 0 unspecified atom stereocenters. The Morgan fingerprint density at radius 2 is 1.45 bits per heavy atom. The molecular formula is C23H25NO5.